The van der Waals surface area contributed by atoms with Crippen molar-refractivity contribution in [1.29, 1.82) is 0 Å². The van der Waals surface area contributed by atoms with E-state index in [4.69, 9.17) is 4.98 Å². The van der Waals surface area contributed by atoms with Gasteiger partial charge in [-0.2, -0.15) is 0 Å². The van der Waals surface area contributed by atoms with E-state index in [2.05, 4.69) is 38.9 Å². The van der Waals surface area contributed by atoms with E-state index in [1.807, 2.05) is 6.20 Å². The molecule has 0 aliphatic rings. The summed E-state index contributed by atoms with van der Waals surface area (Å²) >= 11 is -2.31. The fourth-order valence-electron chi connectivity index (χ4n) is 3.02. The molecule has 3 heteroatoms. The molecule has 0 saturated heterocycles. The summed E-state index contributed by atoms with van der Waals surface area (Å²) in [5, 5.41) is 0. The Labute approximate surface area is 129 Å². The number of hydrogen-bond acceptors (Lipinski definition) is 2. The van der Waals surface area contributed by atoms with E-state index in [0.717, 1.165) is 5.69 Å². The normalized spacial score (nSPS) is 11.8. The molecule has 1 aromatic rings. The second-order valence-corrected chi connectivity index (χ2v) is 19.2. The molecule has 0 aromatic carbocycles. The third kappa shape index (κ3) is 5.34. The summed E-state index contributed by atoms with van der Waals surface area (Å²) in [6, 6.07) is 0. The van der Waals surface area contributed by atoms with Crippen LogP contribution >= 0.6 is 0 Å². The van der Waals surface area contributed by atoms with E-state index in [1.54, 1.807) is 0 Å². The van der Waals surface area contributed by atoms with Crippen molar-refractivity contribution in [2.75, 3.05) is 0 Å². The van der Waals surface area contributed by atoms with Gasteiger partial charge in [-0.1, -0.05) is 0 Å². The fourth-order valence-corrected chi connectivity index (χ4v) is 18.4. The Kier molecular flexibility index (Phi) is 8.74. The molecule has 0 atom stereocenters. The first-order valence-electron chi connectivity index (χ1n) is 8.47. The van der Waals surface area contributed by atoms with Gasteiger partial charge in [0.15, 0.2) is 0 Å². The van der Waals surface area contributed by atoms with E-state index < -0.39 is 18.4 Å². The van der Waals surface area contributed by atoms with Crippen molar-refractivity contribution < 1.29 is 0 Å². The van der Waals surface area contributed by atoms with Crippen LogP contribution in [0.25, 0.3) is 0 Å². The molecular weight excluding hydrogens is 351 g/mol. The van der Waals surface area contributed by atoms with Crippen LogP contribution in [0.2, 0.25) is 13.3 Å². The van der Waals surface area contributed by atoms with Gasteiger partial charge in [-0.3, -0.25) is 0 Å². The third-order valence-corrected chi connectivity index (χ3v) is 19.3. The van der Waals surface area contributed by atoms with Gasteiger partial charge in [0.25, 0.3) is 0 Å². The molecule has 0 amide bonds. The average Bonchev–Trinajstić information content (AvgIpc) is 2.47. The van der Waals surface area contributed by atoms with Crippen LogP contribution in [0.3, 0.4) is 0 Å². The van der Waals surface area contributed by atoms with Crippen molar-refractivity contribution in [3.63, 3.8) is 0 Å². The Morgan fingerprint density at radius 1 is 0.850 bits per heavy atom. The zero-order chi connectivity index (χ0) is 14.8. The summed E-state index contributed by atoms with van der Waals surface area (Å²) in [6.07, 6.45) is 12.1. The molecule has 0 saturated carbocycles. The van der Waals surface area contributed by atoms with Crippen molar-refractivity contribution in [3.05, 3.63) is 18.1 Å². The molecule has 0 unspecified atom stereocenters. The van der Waals surface area contributed by atoms with Gasteiger partial charge in [0.1, 0.15) is 0 Å². The molecule has 0 aliphatic carbocycles. The monoisotopic (exact) mass is 384 g/mol. The molecule has 1 rings (SSSR count). The van der Waals surface area contributed by atoms with Crippen molar-refractivity contribution in [3.8, 4) is 0 Å². The van der Waals surface area contributed by atoms with E-state index in [9.17, 15) is 0 Å². The Bertz CT molecular complexity index is 357. The van der Waals surface area contributed by atoms with Gasteiger partial charge in [-0.15, -0.1) is 0 Å². The maximum absolute atomic E-state index is 4.94. The summed E-state index contributed by atoms with van der Waals surface area (Å²) in [4.78, 5) is 9.40. The summed E-state index contributed by atoms with van der Waals surface area (Å²) in [7, 11) is 0. The Morgan fingerprint density at radius 2 is 1.35 bits per heavy atom. The van der Waals surface area contributed by atoms with Crippen molar-refractivity contribution in [2.45, 2.75) is 79.5 Å². The Balaban J connectivity index is 3.04. The first kappa shape index (κ1) is 17.9. The van der Waals surface area contributed by atoms with Gasteiger partial charge in [-0.05, 0) is 0 Å². The molecule has 0 N–H and O–H groups in total. The predicted octanol–water partition coefficient (Wildman–Crippen LogP) is 4.84. The second-order valence-electron chi connectivity index (χ2n) is 6.14. The molecule has 0 spiro atoms. The SMILES string of the molecule is CCC[CH2][Sn]([CH2]CCC)([CH2]CCC)[c]1cncc(C)n1. The van der Waals surface area contributed by atoms with Gasteiger partial charge in [-0.25, -0.2) is 0 Å². The van der Waals surface area contributed by atoms with Gasteiger partial charge in [0, 0.05) is 0 Å². The van der Waals surface area contributed by atoms with E-state index in [0.29, 0.717) is 0 Å². The third-order valence-electron chi connectivity index (χ3n) is 4.33. The van der Waals surface area contributed by atoms with Crippen LogP contribution in [0.5, 0.6) is 0 Å². The van der Waals surface area contributed by atoms with Crippen LogP contribution in [0, 0.1) is 6.92 Å². The number of aryl methyl sites for hydroxylation is 1. The molecule has 0 bridgehead atoms. The number of rotatable bonds is 10. The molecule has 2 nitrogen and oxygen atoms in total. The molecule has 0 aliphatic heterocycles. The summed E-state index contributed by atoms with van der Waals surface area (Å²) < 4.78 is 5.88. The molecule has 1 aromatic heterocycles. The summed E-state index contributed by atoms with van der Waals surface area (Å²) in [5.74, 6) is 0. The average molecular weight is 383 g/mol. The van der Waals surface area contributed by atoms with E-state index >= 15 is 0 Å². The van der Waals surface area contributed by atoms with Crippen LogP contribution in [-0.2, 0) is 0 Å². The minimum absolute atomic E-state index is 1.10. The first-order chi connectivity index (χ1) is 9.68. The molecular formula is C17H32N2Sn. The maximum atomic E-state index is 4.94. The van der Waals surface area contributed by atoms with Crippen molar-refractivity contribution in [2.24, 2.45) is 0 Å². The number of aromatic nitrogens is 2. The quantitative estimate of drug-likeness (QED) is 0.541. The molecule has 0 fully saturated rings. The van der Waals surface area contributed by atoms with Crippen LogP contribution in [0.1, 0.15) is 65.0 Å². The van der Waals surface area contributed by atoms with E-state index in [-0.39, 0.29) is 0 Å². The summed E-state index contributed by atoms with van der Waals surface area (Å²) in [5.41, 5.74) is 1.10. The summed E-state index contributed by atoms with van der Waals surface area (Å²) in [6.45, 7) is 9.04. The Hall–Kier alpha value is -0.121. The molecule has 114 valence electrons. The molecule has 1 heterocycles. The number of unbranched alkanes of at least 4 members (excludes halogenated alkanes) is 3. The fraction of sp³-hybridized carbons (Fsp3) is 0.765. The standard InChI is InChI=1S/C5H5N2.3C4H9.Sn/c1-5-4-6-2-3-7-5;3*1-3-4-2;/h2,4H,1H3;3*1,3-4H2,2H3;. The van der Waals surface area contributed by atoms with E-state index in [1.165, 1.54) is 55.5 Å². The molecule has 20 heavy (non-hydrogen) atoms. The topological polar surface area (TPSA) is 25.8 Å². The molecule has 0 radical (unpaired) electrons. The Morgan fingerprint density at radius 3 is 1.75 bits per heavy atom. The van der Waals surface area contributed by atoms with Crippen LogP contribution < -0.4 is 3.71 Å². The van der Waals surface area contributed by atoms with Crippen LogP contribution in [-0.4, -0.2) is 28.3 Å². The number of hydrogen-bond donors (Lipinski definition) is 0. The van der Waals surface area contributed by atoms with Gasteiger partial charge in [0.05, 0.1) is 0 Å². The van der Waals surface area contributed by atoms with Crippen LogP contribution in [0.15, 0.2) is 12.4 Å². The predicted molar refractivity (Wildman–Crippen MR) is 91.3 cm³/mol. The first-order valence-corrected chi connectivity index (χ1v) is 16.0. The number of nitrogens with zero attached hydrogens (tertiary/aromatic N) is 2. The van der Waals surface area contributed by atoms with Crippen molar-refractivity contribution >= 4 is 22.1 Å². The zero-order valence-corrected chi connectivity index (χ0v) is 16.8. The van der Waals surface area contributed by atoms with Gasteiger partial charge < -0.3 is 0 Å². The minimum atomic E-state index is -2.31. The van der Waals surface area contributed by atoms with Crippen molar-refractivity contribution in [1.82, 2.24) is 9.97 Å². The van der Waals surface area contributed by atoms with Gasteiger partial charge in [0.2, 0.25) is 0 Å². The second kappa shape index (κ2) is 9.75. The zero-order valence-electron chi connectivity index (χ0n) is 13.9. The van der Waals surface area contributed by atoms with Crippen LogP contribution in [0.4, 0.5) is 0 Å². The van der Waals surface area contributed by atoms with Gasteiger partial charge >= 0.3 is 130 Å².